The molecule has 2 aromatic rings. The Bertz CT molecular complexity index is 616. The van der Waals surface area contributed by atoms with Crippen molar-refractivity contribution in [2.24, 2.45) is 5.73 Å². The van der Waals surface area contributed by atoms with Gasteiger partial charge in [-0.25, -0.2) is 4.39 Å². The van der Waals surface area contributed by atoms with Gasteiger partial charge in [-0.1, -0.05) is 18.3 Å². The Kier molecular flexibility index (Phi) is 4.06. The molecular formula is C14H13FN2OS. The summed E-state index contributed by atoms with van der Waals surface area (Å²) in [5, 5.41) is 0. The van der Waals surface area contributed by atoms with Gasteiger partial charge in [0.15, 0.2) is 0 Å². The number of hydrogen-bond donors (Lipinski definition) is 1. The summed E-state index contributed by atoms with van der Waals surface area (Å²) < 4.78 is 18.7. The van der Waals surface area contributed by atoms with Gasteiger partial charge in [-0.15, -0.1) is 0 Å². The van der Waals surface area contributed by atoms with Gasteiger partial charge in [-0.3, -0.25) is 4.98 Å². The average molecular weight is 276 g/mol. The maximum absolute atomic E-state index is 13.1. The van der Waals surface area contributed by atoms with Crippen molar-refractivity contribution in [2.75, 3.05) is 0 Å². The van der Waals surface area contributed by atoms with Crippen molar-refractivity contribution < 1.29 is 9.13 Å². The molecule has 19 heavy (non-hydrogen) atoms. The van der Waals surface area contributed by atoms with E-state index in [0.29, 0.717) is 18.1 Å². The lowest BCUT2D eigenvalue weighted by atomic mass is 10.2. The largest absolute Gasteiger partial charge is 0.489 e. The van der Waals surface area contributed by atoms with Gasteiger partial charge in [0.25, 0.3) is 0 Å². The number of hydrogen-bond acceptors (Lipinski definition) is 3. The fourth-order valence-corrected chi connectivity index (χ4v) is 1.70. The Labute approximate surface area is 116 Å². The molecule has 0 fully saturated rings. The standard InChI is InChI=1S/C14H13FN2OS/c1-9-2-3-11(15)7-13(9)18-8-10-4-5-17-12(6-10)14(16)19/h2-7H,8H2,1H3,(H2,16,19). The molecule has 0 amide bonds. The molecule has 5 heteroatoms. The third-order valence-electron chi connectivity index (χ3n) is 2.62. The molecule has 0 saturated heterocycles. The van der Waals surface area contributed by atoms with E-state index in [-0.39, 0.29) is 10.8 Å². The number of halogens is 1. The van der Waals surface area contributed by atoms with Crippen LogP contribution in [0.15, 0.2) is 36.5 Å². The summed E-state index contributed by atoms with van der Waals surface area (Å²) in [5.74, 6) is 0.202. The Balaban J connectivity index is 2.12. The molecule has 1 heterocycles. The Morgan fingerprint density at radius 1 is 1.37 bits per heavy atom. The van der Waals surface area contributed by atoms with Crippen molar-refractivity contribution in [1.29, 1.82) is 0 Å². The quantitative estimate of drug-likeness (QED) is 0.872. The molecule has 0 aliphatic carbocycles. The van der Waals surface area contributed by atoms with E-state index in [1.807, 2.05) is 6.92 Å². The van der Waals surface area contributed by atoms with Crippen molar-refractivity contribution >= 4 is 17.2 Å². The minimum Gasteiger partial charge on any atom is -0.489 e. The fraction of sp³-hybridized carbons (Fsp3) is 0.143. The van der Waals surface area contributed by atoms with Crippen molar-refractivity contribution in [2.45, 2.75) is 13.5 Å². The normalized spacial score (nSPS) is 10.2. The topological polar surface area (TPSA) is 48.1 Å². The first-order valence-corrected chi connectivity index (χ1v) is 6.11. The van der Waals surface area contributed by atoms with Gasteiger partial charge in [0.05, 0.1) is 5.69 Å². The Hall–Kier alpha value is -2.01. The lowest BCUT2D eigenvalue weighted by Gasteiger charge is -2.09. The predicted octanol–water partition coefficient (Wildman–Crippen LogP) is 2.74. The van der Waals surface area contributed by atoms with Crippen LogP contribution >= 0.6 is 12.2 Å². The van der Waals surface area contributed by atoms with Crippen LogP contribution in [0.4, 0.5) is 4.39 Å². The van der Waals surface area contributed by atoms with Gasteiger partial charge in [0, 0.05) is 12.3 Å². The molecule has 1 aromatic heterocycles. The minimum atomic E-state index is -0.320. The Morgan fingerprint density at radius 2 is 2.16 bits per heavy atom. The highest BCUT2D eigenvalue weighted by Crippen LogP contribution is 2.20. The molecule has 2 N–H and O–H groups in total. The fourth-order valence-electron chi connectivity index (χ4n) is 1.59. The lowest BCUT2D eigenvalue weighted by molar-refractivity contribution is 0.302. The van der Waals surface area contributed by atoms with E-state index in [2.05, 4.69) is 4.98 Å². The molecule has 1 aromatic carbocycles. The van der Waals surface area contributed by atoms with Crippen molar-refractivity contribution in [3.63, 3.8) is 0 Å². The van der Waals surface area contributed by atoms with Crippen molar-refractivity contribution in [3.8, 4) is 5.75 Å². The monoisotopic (exact) mass is 276 g/mol. The van der Waals surface area contributed by atoms with Crippen LogP contribution in [0.3, 0.4) is 0 Å². The number of nitrogens with zero attached hydrogens (tertiary/aromatic N) is 1. The van der Waals surface area contributed by atoms with Crippen molar-refractivity contribution in [1.82, 2.24) is 4.98 Å². The lowest BCUT2D eigenvalue weighted by Crippen LogP contribution is -2.12. The van der Waals surface area contributed by atoms with Gasteiger partial charge < -0.3 is 10.5 Å². The van der Waals surface area contributed by atoms with Crippen LogP contribution < -0.4 is 10.5 Å². The molecule has 98 valence electrons. The molecule has 0 aliphatic heterocycles. The second kappa shape index (κ2) is 5.75. The molecular weight excluding hydrogens is 263 g/mol. The first kappa shape index (κ1) is 13.4. The second-order valence-electron chi connectivity index (χ2n) is 4.11. The molecule has 0 aliphatic rings. The maximum Gasteiger partial charge on any atom is 0.126 e. The molecule has 0 saturated carbocycles. The van der Waals surface area contributed by atoms with Gasteiger partial charge in [0.1, 0.15) is 23.2 Å². The van der Waals surface area contributed by atoms with E-state index >= 15 is 0 Å². The molecule has 0 atom stereocenters. The van der Waals surface area contributed by atoms with E-state index in [1.165, 1.54) is 12.1 Å². The number of benzene rings is 1. The van der Waals surface area contributed by atoms with Crippen LogP contribution in [0.5, 0.6) is 5.75 Å². The molecule has 0 spiro atoms. The SMILES string of the molecule is Cc1ccc(F)cc1OCc1ccnc(C(N)=S)c1. The molecule has 2 rings (SSSR count). The average Bonchev–Trinajstić information content (AvgIpc) is 2.40. The summed E-state index contributed by atoms with van der Waals surface area (Å²) >= 11 is 4.86. The third kappa shape index (κ3) is 3.48. The predicted molar refractivity (Wildman–Crippen MR) is 75.6 cm³/mol. The van der Waals surface area contributed by atoms with E-state index in [9.17, 15) is 4.39 Å². The summed E-state index contributed by atoms with van der Waals surface area (Å²) in [6.07, 6.45) is 1.62. The van der Waals surface area contributed by atoms with Gasteiger partial charge in [0.2, 0.25) is 0 Å². The van der Waals surface area contributed by atoms with Gasteiger partial charge in [-0.05, 0) is 36.2 Å². The number of pyridine rings is 1. The summed E-state index contributed by atoms with van der Waals surface area (Å²) in [6.45, 7) is 2.17. The van der Waals surface area contributed by atoms with E-state index < -0.39 is 0 Å². The minimum absolute atomic E-state index is 0.240. The smallest absolute Gasteiger partial charge is 0.126 e. The summed E-state index contributed by atoms with van der Waals surface area (Å²) in [6, 6.07) is 8.01. The van der Waals surface area contributed by atoms with Crippen LogP contribution in [-0.2, 0) is 6.61 Å². The van der Waals surface area contributed by atoms with E-state index in [1.54, 1.807) is 24.4 Å². The van der Waals surface area contributed by atoms with Crippen LogP contribution in [0.1, 0.15) is 16.8 Å². The zero-order valence-electron chi connectivity index (χ0n) is 10.4. The molecule has 0 bridgehead atoms. The molecule has 3 nitrogen and oxygen atoms in total. The zero-order valence-corrected chi connectivity index (χ0v) is 11.2. The van der Waals surface area contributed by atoms with Crippen LogP contribution in [0, 0.1) is 12.7 Å². The van der Waals surface area contributed by atoms with Gasteiger partial charge >= 0.3 is 0 Å². The highest BCUT2D eigenvalue weighted by atomic mass is 32.1. The number of thiocarbonyl (C=S) groups is 1. The highest BCUT2D eigenvalue weighted by molar-refractivity contribution is 7.80. The summed E-state index contributed by atoms with van der Waals surface area (Å²) in [5.41, 5.74) is 7.82. The highest BCUT2D eigenvalue weighted by Gasteiger charge is 2.04. The van der Waals surface area contributed by atoms with Crippen LogP contribution in [0.25, 0.3) is 0 Å². The third-order valence-corrected chi connectivity index (χ3v) is 2.83. The Morgan fingerprint density at radius 3 is 2.89 bits per heavy atom. The molecule has 0 radical (unpaired) electrons. The zero-order chi connectivity index (χ0) is 13.8. The van der Waals surface area contributed by atoms with Crippen LogP contribution in [0.2, 0.25) is 0 Å². The first-order chi connectivity index (χ1) is 9.06. The maximum atomic E-state index is 13.1. The summed E-state index contributed by atoms with van der Waals surface area (Å²) in [4.78, 5) is 4.28. The second-order valence-corrected chi connectivity index (χ2v) is 4.55. The number of rotatable bonds is 4. The molecule has 0 unspecified atom stereocenters. The summed E-state index contributed by atoms with van der Waals surface area (Å²) in [7, 11) is 0. The number of nitrogens with two attached hydrogens (primary N) is 1. The van der Waals surface area contributed by atoms with Gasteiger partial charge in [-0.2, -0.15) is 0 Å². The van der Waals surface area contributed by atoms with Crippen LogP contribution in [-0.4, -0.2) is 9.97 Å². The first-order valence-electron chi connectivity index (χ1n) is 5.70. The number of ether oxygens (including phenoxy) is 1. The number of aryl methyl sites for hydroxylation is 1. The van der Waals surface area contributed by atoms with E-state index in [4.69, 9.17) is 22.7 Å². The van der Waals surface area contributed by atoms with E-state index in [0.717, 1.165) is 11.1 Å². The number of aromatic nitrogens is 1. The van der Waals surface area contributed by atoms with Crippen molar-refractivity contribution in [3.05, 3.63) is 59.2 Å².